The van der Waals surface area contributed by atoms with Gasteiger partial charge < -0.3 is 0 Å². The third-order valence-corrected chi connectivity index (χ3v) is 5.29. The molecule has 2 aromatic rings. The largest absolute Gasteiger partial charge is 0.472 e. The predicted octanol–water partition coefficient (Wildman–Crippen LogP) is -2.06. The van der Waals surface area contributed by atoms with Gasteiger partial charge in [-0.2, -0.15) is 9.44 Å². The minimum Gasteiger partial charge on any atom is -0.269 e. The van der Waals surface area contributed by atoms with Crippen molar-refractivity contribution in [2.24, 2.45) is 0 Å². The second-order valence-corrected chi connectivity index (χ2v) is 7.84. The fourth-order valence-electron chi connectivity index (χ4n) is 1.67. The normalized spacial score (nSPS) is 11.8. The van der Waals surface area contributed by atoms with Gasteiger partial charge in [-0.3, -0.25) is 9.59 Å². The molecule has 2 amide bonds. The third kappa shape index (κ3) is 5.19. The Kier molecular flexibility index (Phi) is 5.79. The molecule has 2 N–H and O–H groups in total. The molecule has 10 nitrogen and oxygen atoms in total. The Labute approximate surface area is 149 Å². The number of pyridine rings is 2. The first kappa shape index (κ1) is 19.2. The predicted molar refractivity (Wildman–Crippen MR) is 87.3 cm³/mol. The molecule has 12 heteroatoms. The number of nitrogens with one attached hydrogen (secondary N) is 2. The van der Waals surface area contributed by atoms with Crippen LogP contribution in [0.2, 0.25) is 0 Å². The van der Waals surface area contributed by atoms with E-state index in [1.165, 1.54) is 49.1 Å². The van der Waals surface area contributed by atoms with Crippen LogP contribution in [0.4, 0.5) is 0 Å². The molecule has 2 heterocycles. The summed E-state index contributed by atoms with van der Waals surface area (Å²) in [5, 5.41) is 0. The summed E-state index contributed by atoms with van der Waals surface area (Å²) >= 11 is 0. The lowest BCUT2D eigenvalue weighted by atomic mass is 10.5. The molecule has 0 aliphatic heterocycles. The summed E-state index contributed by atoms with van der Waals surface area (Å²) in [6, 6.07) is 8.95. The van der Waals surface area contributed by atoms with Gasteiger partial charge in [0.1, 0.15) is 0 Å². The zero-order valence-electron chi connectivity index (χ0n) is 13.1. The van der Waals surface area contributed by atoms with Gasteiger partial charge in [0.25, 0.3) is 11.8 Å². The number of carbonyl (C=O) groups is 2. The van der Waals surface area contributed by atoms with Gasteiger partial charge in [0, 0.05) is 36.4 Å². The van der Waals surface area contributed by atoms with Crippen molar-refractivity contribution in [2.75, 3.05) is 0 Å². The van der Waals surface area contributed by atoms with E-state index in [1.807, 2.05) is 0 Å². The first-order valence-corrected chi connectivity index (χ1v) is 9.84. The molecule has 0 saturated heterocycles. The molecule has 0 aliphatic carbocycles. The van der Waals surface area contributed by atoms with Crippen LogP contribution in [0.3, 0.4) is 0 Å². The standard InChI is InChI=1S/C14H12N4O6S2/c19-13(15-25(21,22)17-9-3-1-4-10-17)7-8-14(20)16-26(23,24)18-11-5-2-6-12-18/h1-12H/p+2/b8-7+. The zero-order chi connectivity index (χ0) is 19.2. The third-order valence-electron chi connectivity index (χ3n) is 2.78. The first-order valence-electron chi connectivity index (χ1n) is 6.96. The lowest BCUT2D eigenvalue weighted by Gasteiger charge is -1.99. The van der Waals surface area contributed by atoms with Gasteiger partial charge in [0.2, 0.25) is 0 Å². The van der Waals surface area contributed by atoms with E-state index >= 15 is 0 Å². The molecule has 0 fully saturated rings. The van der Waals surface area contributed by atoms with Gasteiger partial charge in [0.15, 0.2) is 24.8 Å². The first-order chi connectivity index (χ1) is 12.2. The average molecular weight is 398 g/mol. The van der Waals surface area contributed by atoms with E-state index in [4.69, 9.17) is 0 Å². The topological polar surface area (TPSA) is 134 Å². The lowest BCUT2D eigenvalue weighted by molar-refractivity contribution is -0.512. The molecule has 2 rings (SSSR count). The molecular formula is C14H14N4O6S2+2. The monoisotopic (exact) mass is 398 g/mol. The van der Waals surface area contributed by atoms with E-state index in [0.717, 1.165) is 7.94 Å². The summed E-state index contributed by atoms with van der Waals surface area (Å²) in [7, 11) is -8.35. The van der Waals surface area contributed by atoms with Crippen molar-refractivity contribution in [1.29, 1.82) is 0 Å². The molecule has 0 radical (unpaired) electrons. The number of hydrogen-bond acceptors (Lipinski definition) is 6. The zero-order valence-corrected chi connectivity index (χ0v) is 14.7. The highest BCUT2D eigenvalue weighted by Crippen LogP contribution is 1.86. The number of aromatic nitrogens is 2. The van der Waals surface area contributed by atoms with E-state index < -0.39 is 32.2 Å². The Balaban J connectivity index is 2.01. The average Bonchev–Trinajstić information content (AvgIpc) is 2.61. The number of amides is 2. The maximum Gasteiger partial charge on any atom is 0.472 e. The van der Waals surface area contributed by atoms with Crippen LogP contribution in [0.25, 0.3) is 0 Å². The highest BCUT2D eigenvalue weighted by Gasteiger charge is 2.24. The van der Waals surface area contributed by atoms with Crippen molar-refractivity contribution >= 4 is 32.2 Å². The van der Waals surface area contributed by atoms with E-state index in [2.05, 4.69) is 0 Å². The van der Waals surface area contributed by atoms with Crippen LogP contribution in [-0.4, -0.2) is 28.6 Å². The van der Waals surface area contributed by atoms with Gasteiger partial charge in [-0.25, -0.2) is 0 Å². The van der Waals surface area contributed by atoms with Crippen LogP contribution in [0.1, 0.15) is 0 Å². The van der Waals surface area contributed by atoms with Crippen LogP contribution in [0.5, 0.6) is 0 Å². The van der Waals surface area contributed by atoms with E-state index in [1.54, 1.807) is 21.6 Å². The Morgan fingerprint density at radius 1 is 0.615 bits per heavy atom. The van der Waals surface area contributed by atoms with Crippen LogP contribution in [0, 0.1) is 0 Å². The Morgan fingerprint density at radius 3 is 1.23 bits per heavy atom. The maximum absolute atomic E-state index is 11.9. The van der Waals surface area contributed by atoms with Crippen LogP contribution >= 0.6 is 0 Å². The fourth-order valence-corrected chi connectivity index (χ4v) is 3.44. The quantitative estimate of drug-likeness (QED) is 0.424. The molecule has 0 unspecified atom stereocenters. The van der Waals surface area contributed by atoms with Gasteiger partial charge in [-0.1, -0.05) is 20.1 Å². The van der Waals surface area contributed by atoms with Gasteiger partial charge in [-0.05, 0) is 0 Å². The highest BCUT2D eigenvalue weighted by molar-refractivity contribution is 7.83. The van der Waals surface area contributed by atoms with Crippen molar-refractivity contribution < 1.29 is 34.4 Å². The second kappa shape index (κ2) is 7.84. The summed E-state index contributed by atoms with van der Waals surface area (Å²) in [6.07, 6.45) is 6.01. The molecule has 2 aromatic heterocycles. The highest BCUT2D eigenvalue weighted by atomic mass is 32.2. The van der Waals surface area contributed by atoms with Gasteiger partial charge in [-0.15, -0.1) is 16.8 Å². The Bertz CT molecular complexity index is 950. The summed E-state index contributed by atoms with van der Waals surface area (Å²) in [6.45, 7) is 0. The summed E-state index contributed by atoms with van der Waals surface area (Å²) in [5.41, 5.74) is 0. The SMILES string of the molecule is O=C(/C=C/C(=O)NS(=O)(=O)[n+]1ccccc1)NS(=O)(=O)[n+]1ccccc1. The molecule has 0 saturated carbocycles. The van der Waals surface area contributed by atoms with Crippen molar-refractivity contribution in [3.63, 3.8) is 0 Å². The van der Waals surface area contributed by atoms with Gasteiger partial charge >= 0.3 is 20.4 Å². The fraction of sp³-hybridized carbons (Fsp3) is 0. The van der Waals surface area contributed by atoms with E-state index in [9.17, 15) is 26.4 Å². The number of carbonyl (C=O) groups excluding carboxylic acids is 2. The number of rotatable bonds is 6. The molecule has 0 aliphatic rings. The molecule has 0 aromatic carbocycles. The van der Waals surface area contributed by atoms with Crippen molar-refractivity contribution in [1.82, 2.24) is 9.44 Å². The number of hydrogen-bond donors (Lipinski definition) is 2. The lowest BCUT2D eigenvalue weighted by Crippen LogP contribution is -2.52. The van der Waals surface area contributed by atoms with Crippen LogP contribution in [-0.2, 0) is 30.0 Å². The summed E-state index contributed by atoms with van der Waals surface area (Å²) < 4.78 is 52.5. The molecular weight excluding hydrogens is 384 g/mol. The van der Waals surface area contributed by atoms with Crippen LogP contribution < -0.4 is 17.4 Å². The molecule has 0 spiro atoms. The Hall–Kier alpha value is -3.12. The second-order valence-electron chi connectivity index (χ2n) is 4.69. The summed E-state index contributed by atoms with van der Waals surface area (Å²) in [5.74, 6) is -2.25. The molecule has 26 heavy (non-hydrogen) atoms. The summed E-state index contributed by atoms with van der Waals surface area (Å²) in [4.78, 5) is 23.3. The van der Waals surface area contributed by atoms with Crippen LogP contribution in [0.15, 0.2) is 73.3 Å². The minimum atomic E-state index is -4.17. The van der Waals surface area contributed by atoms with Gasteiger partial charge in [0.05, 0.1) is 0 Å². The van der Waals surface area contributed by atoms with Crippen molar-refractivity contribution in [3.8, 4) is 0 Å². The molecule has 136 valence electrons. The van der Waals surface area contributed by atoms with E-state index in [0.29, 0.717) is 12.2 Å². The van der Waals surface area contributed by atoms with Crippen molar-refractivity contribution in [2.45, 2.75) is 0 Å². The molecule has 0 bridgehead atoms. The molecule has 0 atom stereocenters. The smallest absolute Gasteiger partial charge is 0.269 e. The van der Waals surface area contributed by atoms with Crippen molar-refractivity contribution in [3.05, 3.63) is 73.3 Å². The van der Waals surface area contributed by atoms with E-state index in [-0.39, 0.29) is 0 Å². The Morgan fingerprint density at radius 2 is 0.923 bits per heavy atom. The number of nitrogens with zero attached hydrogens (tertiary/aromatic N) is 2. The minimum absolute atomic E-state index is 0.599. The maximum atomic E-state index is 11.9.